The van der Waals surface area contributed by atoms with Crippen molar-refractivity contribution in [2.24, 2.45) is 17.1 Å². The summed E-state index contributed by atoms with van der Waals surface area (Å²) in [5, 5.41) is 0. The largest absolute Gasteiger partial charge is 0.425 e. The molecular formula is C25H37FN2O5. The number of nitrogens with zero attached hydrogens (tertiary/aromatic N) is 1. The Labute approximate surface area is 195 Å². The van der Waals surface area contributed by atoms with E-state index < -0.39 is 41.8 Å². The molecule has 0 bridgehead atoms. The Morgan fingerprint density at radius 2 is 1.76 bits per heavy atom. The SMILES string of the molecule is CCC(CC)(C(=O)OC(C)OC(=O)C(C)C)[C@H]1CC[C@@H](c2cccc(F)c2)N1C(=O)[C@@H](C)N. The van der Waals surface area contributed by atoms with Crippen LogP contribution >= 0.6 is 0 Å². The minimum Gasteiger partial charge on any atom is -0.425 e. The number of nitrogens with two attached hydrogens (primary N) is 1. The van der Waals surface area contributed by atoms with Gasteiger partial charge in [0.25, 0.3) is 0 Å². The Balaban J connectivity index is 2.40. The normalized spacial score (nSPS) is 20.5. The zero-order valence-electron chi connectivity index (χ0n) is 20.5. The van der Waals surface area contributed by atoms with Crippen molar-refractivity contribution in [3.8, 4) is 0 Å². The fraction of sp³-hybridized carbons (Fsp3) is 0.640. The van der Waals surface area contributed by atoms with E-state index in [1.807, 2.05) is 13.8 Å². The molecule has 0 spiro atoms. The van der Waals surface area contributed by atoms with Crippen LogP contribution in [0.1, 0.15) is 78.8 Å². The summed E-state index contributed by atoms with van der Waals surface area (Å²) in [5.41, 5.74) is 5.62. The highest BCUT2D eigenvalue weighted by atomic mass is 19.1. The molecule has 0 aliphatic carbocycles. The third kappa shape index (κ3) is 5.72. The van der Waals surface area contributed by atoms with Gasteiger partial charge in [0.1, 0.15) is 5.82 Å². The second-order valence-electron chi connectivity index (χ2n) is 9.13. The summed E-state index contributed by atoms with van der Waals surface area (Å²) < 4.78 is 24.7. The molecule has 1 unspecified atom stereocenters. The van der Waals surface area contributed by atoms with Crippen molar-refractivity contribution in [3.63, 3.8) is 0 Å². The number of ether oxygens (including phenoxy) is 2. The first-order valence-electron chi connectivity index (χ1n) is 11.7. The second-order valence-corrected chi connectivity index (χ2v) is 9.13. The number of esters is 2. The molecule has 1 aromatic rings. The van der Waals surface area contributed by atoms with Crippen molar-refractivity contribution in [2.75, 3.05) is 0 Å². The summed E-state index contributed by atoms with van der Waals surface area (Å²) >= 11 is 0. The van der Waals surface area contributed by atoms with Gasteiger partial charge in [-0.25, -0.2) is 4.39 Å². The predicted molar refractivity (Wildman–Crippen MR) is 122 cm³/mol. The Bertz CT molecular complexity index is 853. The van der Waals surface area contributed by atoms with Gasteiger partial charge in [-0.05, 0) is 50.3 Å². The molecule has 0 aromatic heterocycles. The molecule has 184 valence electrons. The third-order valence-corrected chi connectivity index (χ3v) is 6.60. The Morgan fingerprint density at radius 3 is 2.27 bits per heavy atom. The van der Waals surface area contributed by atoms with Gasteiger partial charge in [0.05, 0.1) is 23.4 Å². The molecule has 1 aliphatic rings. The van der Waals surface area contributed by atoms with E-state index >= 15 is 0 Å². The third-order valence-electron chi connectivity index (χ3n) is 6.60. The van der Waals surface area contributed by atoms with E-state index in [2.05, 4.69) is 0 Å². The van der Waals surface area contributed by atoms with Gasteiger partial charge in [0, 0.05) is 13.0 Å². The topological polar surface area (TPSA) is 98.9 Å². The Morgan fingerprint density at radius 1 is 1.12 bits per heavy atom. The van der Waals surface area contributed by atoms with Crippen molar-refractivity contribution >= 4 is 17.8 Å². The summed E-state index contributed by atoms with van der Waals surface area (Å²) in [6.45, 7) is 10.2. The minimum absolute atomic E-state index is 0.301. The quantitative estimate of drug-likeness (QED) is 0.436. The second kappa shape index (κ2) is 11.1. The fourth-order valence-corrected chi connectivity index (χ4v) is 4.67. The number of benzene rings is 1. The van der Waals surface area contributed by atoms with E-state index in [1.165, 1.54) is 19.1 Å². The van der Waals surface area contributed by atoms with Crippen molar-refractivity contribution in [1.29, 1.82) is 0 Å². The highest BCUT2D eigenvalue weighted by Crippen LogP contribution is 2.47. The molecule has 0 radical (unpaired) electrons. The van der Waals surface area contributed by atoms with Crippen molar-refractivity contribution in [1.82, 2.24) is 4.90 Å². The van der Waals surface area contributed by atoms with E-state index in [1.54, 1.807) is 37.8 Å². The number of rotatable bonds is 9. The van der Waals surface area contributed by atoms with Gasteiger partial charge in [-0.1, -0.05) is 39.8 Å². The number of likely N-dealkylation sites (tertiary alicyclic amines) is 1. The molecule has 7 nitrogen and oxygen atoms in total. The van der Waals surface area contributed by atoms with Crippen molar-refractivity contribution < 1.29 is 28.2 Å². The van der Waals surface area contributed by atoms with Gasteiger partial charge in [0.2, 0.25) is 12.2 Å². The molecule has 2 N–H and O–H groups in total. The Kier molecular flexibility index (Phi) is 9.00. The number of halogens is 1. The molecule has 33 heavy (non-hydrogen) atoms. The maximum Gasteiger partial charge on any atom is 0.317 e. The van der Waals surface area contributed by atoms with Crippen molar-refractivity contribution in [2.45, 2.75) is 91.6 Å². The van der Waals surface area contributed by atoms with Crippen LogP contribution in [0, 0.1) is 17.2 Å². The van der Waals surface area contributed by atoms with Gasteiger partial charge in [-0.2, -0.15) is 0 Å². The molecule has 1 fully saturated rings. The van der Waals surface area contributed by atoms with Crippen LogP contribution in [-0.4, -0.2) is 41.1 Å². The lowest BCUT2D eigenvalue weighted by Gasteiger charge is -2.42. The number of amides is 1. The zero-order chi connectivity index (χ0) is 24.9. The molecule has 1 aromatic carbocycles. The molecule has 0 saturated carbocycles. The van der Waals surface area contributed by atoms with Crippen LogP contribution in [0.25, 0.3) is 0 Å². The highest BCUT2D eigenvalue weighted by Gasteiger charge is 2.53. The molecule has 1 amide bonds. The smallest absolute Gasteiger partial charge is 0.317 e. The van der Waals surface area contributed by atoms with E-state index in [0.29, 0.717) is 31.2 Å². The van der Waals surface area contributed by atoms with Gasteiger partial charge in [-0.3, -0.25) is 14.4 Å². The standard InChI is InChI=1S/C25H37FN2O5/c1-7-25(8-2,24(31)33-17(6)32-23(30)15(3)4)21-13-12-20(28(21)22(29)16(5)27)18-10-9-11-19(26)14-18/h9-11,14-17,20-21H,7-8,12-13,27H2,1-6H3/t16-,17?,20+,21-/m1/s1. The molecular weight excluding hydrogens is 427 g/mol. The van der Waals surface area contributed by atoms with Crippen LogP contribution in [0.2, 0.25) is 0 Å². The lowest BCUT2D eigenvalue weighted by atomic mass is 9.74. The molecule has 8 heteroatoms. The van der Waals surface area contributed by atoms with Crippen LogP contribution in [0.4, 0.5) is 4.39 Å². The number of hydrogen-bond donors (Lipinski definition) is 1. The molecule has 4 atom stereocenters. The van der Waals surface area contributed by atoms with Crippen LogP contribution in [-0.2, 0) is 23.9 Å². The summed E-state index contributed by atoms with van der Waals surface area (Å²) in [7, 11) is 0. The molecule has 1 heterocycles. The van der Waals surface area contributed by atoms with E-state index in [-0.39, 0.29) is 17.6 Å². The summed E-state index contributed by atoms with van der Waals surface area (Å²) in [6.07, 6.45) is 0.881. The van der Waals surface area contributed by atoms with Gasteiger partial charge < -0.3 is 20.1 Å². The van der Waals surface area contributed by atoms with Crippen LogP contribution in [0.5, 0.6) is 0 Å². The minimum atomic E-state index is -1.05. The van der Waals surface area contributed by atoms with E-state index in [9.17, 15) is 18.8 Å². The van der Waals surface area contributed by atoms with Crippen molar-refractivity contribution in [3.05, 3.63) is 35.6 Å². The first kappa shape index (κ1) is 26.8. The molecule has 1 aliphatic heterocycles. The maximum atomic E-state index is 14.0. The summed E-state index contributed by atoms with van der Waals surface area (Å²) in [5.74, 6) is -2.03. The zero-order valence-corrected chi connectivity index (χ0v) is 20.5. The first-order chi connectivity index (χ1) is 15.5. The fourth-order valence-electron chi connectivity index (χ4n) is 4.67. The van der Waals surface area contributed by atoms with Gasteiger partial charge >= 0.3 is 11.9 Å². The van der Waals surface area contributed by atoms with Gasteiger partial charge in [0.15, 0.2) is 0 Å². The maximum absolute atomic E-state index is 14.0. The highest BCUT2D eigenvalue weighted by molar-refractivity contribution is 5.85. The predicted octanol–water partition coefficient (Wildman–Crippen LogP) is 4.10. The molecule has 2 rings (SSSR count). The van der Waals surface area contributed by atoms with Crippen LogP contribution < -0.4 is 5.73 Å². The average Bonchev–Trinajstić information content (AvgIpc) is 3.19. The van der Waals surface area contributed by atoms with E-state index in [0.717, 1.165) is 0 Å². The van der Waals surface area contributed by atoms with Crippen LogP contribution in [0.15, 0.2) is 24.3 Å². The lowest BCUT2D eigenvalue weighted by Crippen LogP contribution is -2.55. The molecule has 1 saturated heterocycles. The monoisotopic (exact) mass is 464 g/mol. The lowest BCUT2D eigenvalue weighted by molar-refractivity contribution is -0.197. The van der Waals surface area contributed by atoms with Gasteiger partial charge in [-0.15, -0.1) is 0 Å². The summed E-state index contributed by atoms with van der Waals surface area (Å²) in [6, 6.07) is 4.49. The number of carbonyl (C=O) groups excluding carboxylic acids is 3. The number of carbonyl (C=O) groups is 3. The number of hydrogen-bond acceptors (Lipinski definition) is 6. The van der Waals surface area contributed by atoms with E-state index in [4.69, 9.17) is 15.2 Å². The summed E-state index contributed by atoms with van der Waals surface area (Å²) in [4.78, 5) is 40.3. The Hall–Kier alpha value is -2.48. The van der Waals surface area contributed by atoms with Crippen LogP contribution in [0.3, 0.4) is 0 Å². The average molecular weight is 465 g/mol. The first-order valence-corrected chi connectivity index (χ1v) is 11.7.